The number of hydrogen-bond acceptors (Lipinski definition) is 2. The van der Waals surface area contributed by atoms with Crippen LogP contribution >= 0.6 is 0 Å². The molecule has 0 saturated carbocycles. The van der Waals surface area contributed by atoms with Crippen LogP contribution in [0.25, 0.3) is 0 Å². The lowest BCUT2D eigenvalue weighted by molar-refractivity contribution is 0.0264. The molecule has 1 aliphatic heterocycles. The third-order valence-corrected chi connectivity index (χ3v) is 2.64. The summed E-state index contributed by atoms with van der Waals surface area (Å²) in [5.74, 6) is 0.584. The number of ether oxygens (including phenoxy) is 1. The largest absolute Gasteiger partial charge is 0.444 e. The summed E-state index contributed by atoms with van der Waals surface area (Å²) < 4.78 is 5.33. The molecule has 3 nitrogen and oxygen atoms in total. The Hall–Kier alpha value is -0.990. The zero-order chi connectivity index (χ0) is 16.3. The molecule has 1 amide bonds. The highest BCUT2D eigenvalue weighted by Gasteiger charge is 2.23. The van der Waals surface area contributed by atoms with E-state index >= 15 is 0 Å². The van der Waals surface area contributed by atoms with Gasteiger partial charge in [-0.1, -0.05) is 53.2 Å². The van der Waals surface area contributed by atoms with Gasteiger partial charge in [0.25, 0.3) is 0 Å². The van der Waals surface area contributed by atoms with Crippen molar-refractivity contribution >= 4 is 6.09 Å². The van der Waals surface area contributed by atoms with E-state index in [1.54, 1.807) is 4.90 Å². The second-order valence-corrected chi connectivity index (χ2v) is 5.61. The van der Waals surface area contributed by atoms with Crippen LogP contribution in [-0.4, -0.2) is 29.7 Å². The van der Waals surface area contributed by atoms with Crippen LogP contribution in [0.4, 0.5) is 4.79 Å². The van der Waals surface area contributed by atoms with Crippen molar-refractivity contribution in [1.29, 1.82) is 0 Å². The molecule has 120 valence electrons. The Labute approximate surface area is 126 Å². The fourth-order valence-electron chi connectivity index (χ4n) is 1.70. The average molecular weight is 285 g/mol. The van der Waals surface area contributed by atoms with Crippen molar-refractivity contribution in [2.24, 2.45) is 5.92 Å². The van der Waals surface area contributed by atoms with Gasteiger partial charge < -0.3 is 9.64 Å². The zero-order valence-electron chi connectivity index (χ0n) is 15.0. The van der Waals surface area contributed by atoms with Crippen molar-refractivity contribution < 1.29 is 9.53 Å². The standard InChI is InChI=1S/C13H23NO2.2C2H6/c1-10(2)11-6-8-14(9-7-11)12(15)16-13(3,4)5;2*1-2/h6,10H,7-9H2,1-5H3;2*1-2H3. The SMILES string of the molecule is CC.CC.CC(C)C1=CCN(C(=O)OC(C)(C)C)CC1. The highest BCUT2D eigenvalue weighted by Crippen LogP contribution is 2.20. The molecule has 0 fully saturated rings. The van der Waals surface area contributed by atoms with Crippen LogP contribution in [0.15, 0.2) is 11.6 Å². The summed E-state index contributed by atoms with van der Waals surface area (Å²) in [4.78, 5) is 13.5. The summed E-state index contributed by atoms with van der Waals surface area (Å²) in [6, 6.07) is 0. The van der Waals surface area contributed by atoms with E-state index in [1.807, 2.05) is 48.5 Å². The minimum absolute atomic E-state index is 0.202. The van der Waals surface area contributed by atoms with Crippen LogP contribution < -0.4 is 0 Å². The number of rotatable bonds is 1. The summed E-state index contributed by atoms with van der Waals surface area (Å²) >= 11 is 0. The zero-order valence-corrected chi connectivity index (χ0v) is 15.0. The molecule has 1 rings (SSSR count). The molecule has 0 aromatic rings. The van der Waals surface area contributed by atoms with Crippen molar-refractivity contribution in [3.63, 3.8) is 0 Å². The third kappa shape index (κ3) is 9.00. The van der Waals surface area contributed by atoms with E-state index in [-0.39, 0.29) is 6.09 Å². The lowest BCUT2D eigenvalue weighted by Gasteiger charge is -2.30. The van der Waals surface area contributed by atoms with Crippen molar-refractivity contribution in [2.75, 3.05) is 13.1 Å². The van der Waals surface area contributed by atoms with Crippen LogP contribution in [0.3, 0.4) is 0 Å². The highest BCUT2D eigenvalue weighted by molar-refractivity contribution is 5.68. The minimum Gasteiger partial charge on any atom is -0.444 e. The second-order valence-electron chi connectivity index (χ2n) is 5.61. The number of carbonyl (C=O) groups is 1. The van der Waals surface area contributed by atoms with Gasteiger partial charge in [-0.3, -0.25) is 0 Å². The molecule has 0 spiro atoms. The smallest absolute Gasteiger partial charge is 0.410 e. The number of carbonyl (C=O) groups excluding carboxylic acids is 1. The maximum Gasteiger partial charge on any atom is 0.410 e. The van der Waals surface area contributed by atoms with E-state index in [2.05, 4.69) is 19.9 Å². The molecule has 0 aliphatic carbocycles. The molecule has 0 saturated heterocycles. The van der Waals surface area contributed by atoms with E-state index in [1.165, 1.54) is 5.57 Å². The fourth-order valence-corrected chi connectivity index (χ4v) is 1.70. The number of nitrogens with zero attached hydrogens (tertiary/aromatic N) is 1. The first kappa shape index (κ1) is 21.3. The first-order valence-corrected chi connectivity index (χ1v) is 7.96. The van der Waals surface area contributed by atoms with E-state index in [0.717, 1.165) is 13.0 Å². The van der Waals surface area contributed by atoms with E-state index in [9.17, 15) is 4.79 Å². The molecule has 1 aliphatic rings. The van der Waals surface area contributed by atoms with Gasteiger partial charge in [0, 0.05) is 13.1 Å². The van der Waals surface area contributed by atoms with Gasteiger partial charge in [-0.2, -0.15) is 0 Å². The fraction of sp³-hybridized carbons (Fsp3) is 0.824. The van der Waals surface area contributed by atoms with Gasteiger partial charge in [0.2, 0.25) is 0 Å². The van der Waals surface area contributed by atoms with Crippen LogP contribution in [0, 0.1) is 5.92 Å². The van der Waals surface area contributed by atoms with Gasteiger partial charge >= 0.3 is 6.09 Å². The maximum absolute atomic E-state index is 11.8. The second kappa shape index (κ2) is 10.8. The van der Waals surface area contributed by atoms with Crippen LogP contribution in [-0.2, 0) is 4.74 Å². The minimum atomic E-state index is -0.404. The van der Waals surface area contributed by atoms with Gasteiger partial charge in [-0.25, -0.2) is 4.79 Å². The number of amides is 1. The van der Waals surface area contributed by atoms with E-state index in [0.29, 0.717) is 12.5 Å². The molecule has 0 atom stereocenters. The van der Waals surface area contributed by atoms with Crippen LogP contribution in [0.2, 0.25) is 0 Å². The normalized spacial score (nSPS) is 14.5. The third-order valence-electron chi connectivity index (χ3n) is 2.64. The van der Waals surface area contributed by atoms with Crippen molar-refractivity contribution in [3.05, 3.63) is 11.6 Å². The summed E-state index contributed by atoms with van der Waals surface area (Å²) in [5, 5.41) is 0. The summed E-state index contributed by atoms with van der Waals surface area (Å²) in [5.41, 5.74) is 1.04. The Morgan fingerprint density at radius 1 is 1.20 bits per heavy atom. The van der Waals surface area contributed by atoms with Crippen LogP contribution in [0.5, 0.6) is 0 Å². The van der Waals surface area contributed by atoms with Gasteiger partial charge in [-0.15, -0.1) is 0 Å². The van der Waals surface area contributed by atoms with Crippen molar-refractivity contribution in [3.8, 4) is 0 Å². The molecule has 0 aromatic carbocycles. The van der Waals surface area contributed by atoms with Crippen molar-refractivity contribution in [2.45, 2.75) is 74.3 Å². The Morgan fingerprint density at radius 2 is 1.70 bits per heavy atom. The Balaban J connectivity index is 0. The van der Waals surface area contributed by atoms with Gasteiger partial charge in [0.05, 0.1) is 0 Å². The molecule has 0 radical (unpaired) electrons. The molecule has 0 bridgehead atoms. The molecule has 20 heavy (non-hydrogen) atoms. The molecule has 0 aromatic heterocycles. The Kier molecular flexibility index (Phi) is 11.5. The first-order chi connectivity index (χ1) is 9.29. The van der Waals surface area contributed by atoms with Gasteiger partial charge in [-0.05, 0) is 33.1 Å². The van der Waals surface area contributed by atoms with Gasteiger partial charge in [0.1, 0.15) is 5.60 Å². The Bertz CT molecular complexity index is 288. The highest BCUT2D eigenvalue weighted by atomic mass is 16.6. The summed E-state index contributed by atoms with van der Waals surface area (Å²) in [6.45, 7) is 19.5. The molecule has 0 N–H and O–H groups in total. The van der Waals surface area contributed by atoms with Gasteiger partial charge in [0.15, 0.2) is 0 Å². The molecular weight excluding hydrogens is 250 g/mol. The Morgan fingerprint density at radius 3 is 2.00 bits per heavy atom. The van der Waals surface area contributed by atoms with E-state index in [4.69, 9.17) is 4.74 Å². The molecular formula is C17H35NO2. The van der Waals surface area contributed by atoms with Crippen LogP contribution in [0.1, 0.15) is 68.7 Å². The quantitative estimate of drug-likeness (QED) is 0.615. The lowest BCUT2D eigenvalue weighted by Crippen LogP contribution is -2.39. The van der Waals surface area contributed by atoms with Crippen molar-refractivity contribution in [1.82, 2.24) is 4.90 Å². The predicted octanol–water partition coefficient (Wildman–Crippen LogP) is 5.26. The average Bonchev–Trinajstić information content (AvgIpc) is 2.41. The summed E-state index contributed by atoms with van der Waals surface area (Å²) in [6.07, 6.45) is 2.92. The lowest BCUT2D eigenvalue weighted by atomic mass is 9.97. The topological polar surface area (TPSA) is 29.5 Å². The number of hydrogen-bond donors (Lipinski definition) is 0. The van der Waals surface area contributed by atoms with E-state index < -0.39 is 5.60 Å². The first-order valence-electron chi connectivity index (χ1n) is 7.96. The predicted molar refractivity (Wildman–Crippen MR) is 88.0 cm³/mol. The maximum atomic E-state index is 11.8. The molecule has 0 unspecified atom stereocenters. The molecule has 3 heteroatoms. The molecule has 1 heterocycles. The monoisotopic (exact) mass is 285 g/mol. The summed E-state index contributed by atoms with van der Waals surface area (Å²) in [7, 11) is 0.